The number of fused-ring (bicyclic) bond motifs is 2. The number of pyridine rings is 1. The summed E-state index contributed by atoms with van der Waals surface area (Å²) >= 11 is 0. The van der Waals surface area contributed by atoms with E-state index in [4.69, 9.17) is 19.6 Å². The van der Waals surface area contributed by atoms with Crippen LogP contribution in [0.25, 0.3) is 33.1 Å². The zero-order chi connectivity index (χ0) is 36.7. The van der Waals surface area contributed by atoms with Gasteiger partial charge in [0.25, 0.3) is 5.91 Å². The van der Waals surface area contributed by atoms with E-state index in [1.165, 1.54) is 34.2 Å². The van der Waals surface area contributed by atoms with E-state index in [0.29, 0.717) is 37.7 Å². The molecule has 3 aromatic heterocycles. The molecule has 2 aromatic carbocycles. The highest BCUT2D eigenvalue weighted by molar-refractivity contribution is 5.96. The minimum atomic E-state index is -0.532. The van der Waals surface area contributed by atoms with Crippen molar-refractivity contribution in [2.24, 2.45) is 7.05 Å². The van der Waals surface area contributed by atoms with E-state index in [1.807, 2.05) is 54.9 Å². The summed E-state index contributed by atoms with van der Waals surface area (Å²) in [6.45, 7) is 11.3. The van der Waals surface area contributed by atoms with Crippen molar-refractivity contribution < 1.29 is 19.1 Å². The van der Waals surface area contributed by atoms with Gasteiger partial charge in [-0.1, -0.05) is 18.2 Å². The van der Waals surface area contributed by atoms with E-state index < -0.39 is 5.60 Å². The highest BCUT2D eigenvalue weighted by Gasteiger charge is 2.29. The van der Waals surface area contributed by atoms with Crippen LogP contribution < -0.4 is 0 Å². The third kappa shape index (κ3) is 7.42. The summed E-state index contributed by atoms with van der Waals surface area (Å²) in [5.74, 6) is 0.488. The van der Waals surface area contributed by atoms with Crippen LogP contribution in [0.2, 0.25) is 0 Å². The van der Waals surface area contributed by atoms with Crippen molar-refractivity contribution in [3.8, 4) is 11.1 Å². The molecule has 3 fully saturated rings. The third-order valence-corrected chi connectivity index (χ3v) is 11.2. The summed E-state index contributed by atoms with van der Waals surface area (Å²) in [5, 5.41) is 7.00. The summed E-state index contributed by atoms with van der Waals surface area (Å²) < 4.78 is 15.8. The van der Waals surface area contributed by atoms with Crippen LogP contribution in [0.5, 0.6) is 0 Å². The zero-order valence-corrected chi connectivity index (χ0v) is 31.5. The summed E-state index contributed by atoms with van der Waals surface area (Å²) in [5.41, 5.74) is 7.18. The van der Waals surface area contributed by atoms with E-state index in [9.17, 15) is 9.59 Å². The largest absolute Gasteiger partial charge is 0.444 e. The average molecular weight is 718 g/mol. The maximum Gasteiger partial charge on any atom is 0.410 e. The smallest absolute Gasteiger partial charge is 0.410 e. The molecule has 3 aliphatic heterocycles. The number of rotatable bonds is 6. The fraction of sp³-hybridized carbons (Fsp3) is 0.476. The SMILES string of the molecule is Cn1c(CN2CCC(c3ccc(C(=O)N4CCN(C(=O)OC(C)(C)C)CC4)cc3)CC2)cc2c(-c3ccc4c(cnn4C4CCCCO4)c3)ccnc21. The number of amides is 2. The number of nitrogens with zero attached hydrogens (tertiary/aromatic N) is 7. The van der Waals surface area contributed by atoms with Gasteiger partial charge in [-0.2, -0.15) is 5.10 Å². The first-order valence-electron chi connectivity index (χ1n) is 19.2. The Balaban J connectivity index is 0.878. The van der Waals surface area contributed by atoms with Crippen molar-refractivity contribution in [2.45, 2.75) is 77.2 Å². The van der Waals surface area contributed by atoms with Gasteiger partial charge in [0.2, 0.25) is 0 Å². The Morgan fingerprint density at radius 3 is 2.36 bits per heavy atom. The first kappa shape index (κ1) is 35.3. The Morgan fingerprint density at radius 1 is 0.887 bits per heavy atom. The number of carbonyl (C=O) groups excluding carboxylic acids is 2. The van der Waals surface area contributed by atoms with Gasteiger partial charge in [0, 0.05) is 74.6 Å². The molecular formula is C42H51N7O4. The summed E-state index contributed by atoms with van der Waals surface area (Å²) in [4.78, 5) is 36.6. The number of aryl methyl sites for hydroxylation is 1. The molecule has 2 amide bonds. The average Bonchev–Trinajstić information content (AvgIpc) is 3.74. The molecular weight excluding hydrogens is 667 g/mol. The second-order valence-electron chi connectivity index (χ2n) is 15.9. The number of piperidine rings is 1. The highest BCUT2D eigenvalue weighted by Crippen LogP contribution is 2.34. The molecule has 278 valence electrons. The minimum Gasteiger partial charge on any atom is -0.444 e. The predicted molar refractivity (Wildman–Crippen MR) is 206 cm³/mol. The first-order valence-corrected chi connectivity index (χ1v) is 19.2. The Morgan fingerprint density at radius 2 is 1.64 bits per heavy atom. The lowest BCUT2D eigenvalue weighted by Crippen LogP contribution is -2.51. The van der Waals surface area contributed by atoms with E-state index in [1.54, 1.807) is 4.90 Å². The van der Waals surface area contributed by atoms with Crippen LogP contribution in [0, 0.1) is 0 Å². The van der Waals surface area contributed by atoms with Gasteiger partial charge in [-0.15, -0.1) is 0 Å². The van der Waals surface area contributed by atoms with Gasteiger partial charge in [0.05, 0.1) is 11.7 Å². The molecule has 3 saturated heterocycles. The maximum atomic E-state index is 13.3. The van der Waals surface area contributed by atoms with Gasteiger partial charge in [0.15, 0.2) is 6.23 Å². The molecule has 0 saturated carbocycles. The molecule has 11 nitrogen and oxygen atoms in total. The van der Waals surface area contributed by atoms with Crippen molar-refractivity contribution in [1.82, 2.24) is 34.0 Å². The number of hydrogen-bond acceptors (Lipinski definition) is 7. The third-order valence-electron chi connectivity index (χ3n) is 11.2. The van der Waals surface area contributed by atoms with E-state index >= 15 is 0 Å². The normalized spacial score (nSPS) is 19.3. The van der Waals surface area contributed by atoms with Crippen molar-refractivity contribution in [1.29, 1.82) is 0 Å². The van der Waals surface area contributed by atoms with Gasteiger partial charge >= 0.3 is 6.09 Å². The molecule has 5 aromatic rings. The first-order chi connectivity index (χ1) is 25.6. The monoisotopic (exact) mass is 717 g/mol. The zero-order valence-electron chi connectivity index (χ0n) is 31.5. The maximum absolute atomic E-state index is 13.3. The van der Waals surface area contributed by atoms with Crippen LogP contribution in [-0.2, 0) is 23.1 Å². The minimum absolute atomic E-state index is 0.0178. The fourth-order valence-corrected chi connectivity index (χ4v) is 8.19. The number of ether oxygens (including phenoxy) is 2. The number of piperazine rings is 1. The molecule has 11 heteroatoms. The Kier molecular flexibility index (Phi) is 9.72. The number of carbonyl (C=O) groups is 2. The van der Waals surface area contributed by atoms with E-state index in [2.05, 4.69) is 59.0 Å². The van der Waals surface area contributed by atoms with Crippen LogP contribution in [0.15, 0.2) is 67.0 Å². The summed E-state index contributed by atoms with van der Waals surface area (Å²) in [7, 11) is 2.13. The van der Waals surface area contributed by atoms with E-state index in [-0.39, 0.29) is 18.2 Å². The Labute approximate surface area is 311 Å². The molecule has 8 rings (SSSR count). The van der Waals surface area contributed by atoms with Crippen molar-refractivity contribution in [3.05, 3.63) is 83.8 Å². The Hall–Kier alpha value is -4.74. The van der Waals surface area contributed by atoms with Crippen LogP contribution in [-0.4, -0.2) is 97.5 Å². The van der Waals surface area contributed by atoms with Crippen LogP contribution in [0.4, 0.5) is 4.79 Å². The van der Waals surface area contributed by atoms with Gasteiger partial charge in [0.1, 0.15) is 11.2 Å². The van der Waals surface area contributed by atoms with Crippen LogP contribution in [0.3, 0.4) is 0 Å². The number of likely N-dealkylation sites (tertiary alicyclic amines) is 1. The molecule has 0 bridgehead atoms. The molecule has 1 unspecified atom stereocenters. The molecule has 0 aliphatic carbocycles. The Bertz CT molecular complexity index is 2090. The molecule has 1 atom stereocenters. The molecule has 0 N–H and O–H groups in total. The van der Waals surface area contributed by atoms with Gasteiger partial charge in [-0.25, -0.2) is 14.5 Å². The van der Waals surface area contributed by atoms with Crippen molar-refractivity contribution in [3.63, 3.8) is 0 Å². The molecule has 3 aliphatic rings. The topological polar surface area (TPSA) is 98.0 Å². The predicted octanol–water partition coefficient (Wildman–Crippen LogP) is 7.36. The lowest BCUT2D eigenvalue weighted by Gasteiger charge is -2.35. The number of benzene rings is 2. The second kappa shape index (κ2) is 14.6. The molecule has 0 spiro atoms. The lowest BCUT2D eigenvalue weighted by molar-refractivity contribution is -0.0366. The van der Waals surface area contributed by atoms with Gasteiger partial charge in [-0.3, -0.25) is 9.69 Å². The van der Waals surface area contributed by atoms with Crippen molar-refractivity contribution in [2.75, 3.05) is 45.9 Å². The summed E-state index contributed by atoms with van der Waals surface area (Å²) in [6.07, 6.45) is 9.03. The highest BCUT2D eigenvalue weighted by atomic mass is 16.6. The second-order valence-corrected chi connectivity index (χ2v) is 15.9. The standard InChI is InChI=1S/C42H51N7O4/c1-42(2,3)53-41(51)48-22-20-47(21-23-48)40(50)31-10-8-29(9-11-31)30-15-18-46(19-16-30)28-34-26-36-35(14-17-43-39(36)45(34)4)32-12-13-37-33(25-32)27-44-49(37)38-7-5-6-24-52-38/h8-14,17,25-27,30,38H,5-7,15-16,18-24,28H2,1-4H3. The molecule has 6 heterocycles. The van der Waals surface area contributed by atoms with Crippen molar-refractivity contribution >= 4 is 33.9 Å². The fourth-order valence-electron chi connectivity index (χ4n) is 8.19. The van der Waals surface area contributed by atoms with Crippen LogP contribution >= 0.6 is 0 Å². The molecule has 0 radical (unpaired) electrons. The van der Waals surface area contributed by atoms with Gasteiger partial charge < -0.3 is 23.8 Å². The summed E-state index contributed by atoms with van der Waals surface area (Å²) in [6, 6.07) is 19.3. The molecule has 53 heavy (non-hydrogen) atoms. The lowest BCUT2D eigenvalue weighted by atomic mass is 9.89. The van der Waals surface area contributed by atoms with E-state index in [0.717, 1.165) is 68.5 Å². The number of aromatic nitrogens is 4. The van der Waals surface area contributed by atoms with Crippen LogP contribution in [0.1, 0.15) is 86.6 Å². The van der Waals surface area contributed by atoms with Gasteiger partial charge in [-0.05, 0) is 125 Å². The number of hydrogen-bond donors (Lipinski definition) is 0. The quantitative estimate of drug-likeness (QED) is 0.181.